The van der Waals surface area contributed by atoms with E-state index in [-0.39, 0.29) is 0 Å². The van der Waals surface area contributed by atoms with Crippen molar-refractivity contribution in [2.45, 2.75) is 71.1 Å². The fourth-order valence-corrected chi connectivity index (χ4v) is 1.85. The van der Waals surface area contributed by atoms with Gasteiger partial charge in [0.2, 0.25) is 0 Å². The molecule has 0 unspecified atom stereocenters. The predicted molar refractivity (Wildman–Crippen MR) is 87.1 cm³/mol. The van der Waals surface area contributed by atoms with Crippen molar-refractivity contribution >= 4 is 5.97 Å². The first-order valence-electron chi connectivity index (χ1n) is 8.11. The quantitative estimate of drug-likeness (QED) is 0.539. The van der Waals surface area contributed by atoms with E-state index in [9.17, 15) is 4.79 Å². The SMILES string of the molecule is CCCCCCCCCCCC(=O)O.CN(C)CCN. The third-order valence-electron chi connectivity index (χ3n) is 3.07. The average molecular weight is 288 g/mol. The van der Waals surface area contributed by atoms with Gasteiger partial charge in [0.15, 0.2) is 0 Å². The molecule has 0 saturated carbocycles. The summed E-state index contributed by atoms with van der Waals surface area (Å²) < 4.78 is 0. The summed E-state index contributed by atoms with van der Waals surface area (Å²) in [4.78, 5) is 12.3. The van der Waals surface area contributed by atoms with Crippen LogP contribution in [0.2, 0.25) is 0 Å². The van der Waals surface area contributed by atoms with Crippen LogP contribution >= 0.6 is 0 Å². The molecule has 0 amide bonds. The Kier molecular flexibility index (Phi) is 19.9. The maximum Gasteiger partial charge on any atom is 0.303 e. The van der Waals surface area contributed by atoms with E-state index in [1.165, 1.54) is 44.9 Å². The van der Waals surface area contributed by atoms with Crippen LogP contribution < -0.4 is 5.73 Å². The zero-order chi connectivity index (χ0) is 15.6. The van der Waals surface area contributed by atoms with Crippen LogP contribution in [0.3, 0.4) is 0 Å². The van der Waals surface area contributed by atoms with Gasteiger partial charge in [0.1, 0.15) is 0 Å². The molecule has 0 heterocycles. The minimum absolute atomic E-state index is 0.343. The fraction of sp³-hybridized carbons (Fsp3) is 0.938. The van der Waals surface area contributed by atoms with Crippen molar-refractivity contribution in [3.8, 4) is 0 Å². The van der Waals surface area contributed by atoms with Crippen LogP contribution in [0.1, 0.15) is 71.1 Å². The first kappa shape index (κ1) is 21.7. The molecule has 0 aliphatic carbocycles. The zero-order valence-electron chi connectivity index (χ0n) is 13.9. The van der Waals surface area contributed by atoms with Crippen molar-refractivity contribution < 1.29 is 9.90 Å². The zero-order valence-corrected chi connectivity index (χ0v) is 13.9. The molecule has 4 nitrogen and oxygen atoms in total. The number of aliphatic carboxylic acids is 1. The van der Waals surface area contributed by atoms with Gasteiger partial charge in [-0.2, -0.15) is 0 Å². The molecular weight excluding hydrogens is 252 g/mol. The normalized spacial score (nSPS) is 10.2. The number of hydrogen-bond acceptors (Lipinski definition) is 3. The molecule has 3 N–H and O–H groups in total. The van der Waals surface area contributed by atoms with Gasteiger partial charge in [-0.15, -0.1) is 0 Å². The number of carboxylic acids is 1. The number of carboxylic acid groups (broad SMARTS) is 1. The van der Waals surface area contributed by atoms with Crippen molar-refractivity contribution in [1.29, 1.82) is 0 Å². The van der Waals surface area contributed by atoms with Crippen LogP contribution in [0.5, 0.6) is 0 Å². The predicted octanol–water partition coefficient (Wildman–Crippen LogP) is 3.50. The van der Waals surface area contributed by atoms with E-state index in [0.29, 0.717) is 6.42 Å². The Hall–Kier alpha value is -0.610. The molecule has 0 rings (SSSR count). The molecule has 0 aromatic heterocycles. The second-order valence-electron chi connectivity index (χ2n) is 5.56. The molecule has 0 fully saturated rings. The molecule has 0 atom stereocenters. The molecule has 0 aliphatic rings. The molecule has 4 heteroatoms. The first-order chi connectivity index (χ1) is 9.54. The summed E-state index contributed by atoms with van der Waals surface area (Å²) in [6.07, 6.45) is 11.5. The van der Waals surface area contributed by atoms with Gasteiger partial charge in [0.25, 0.3) is 0 Å². The van der Waals surface area contributed by atoms with Crippen LogP contribution in [0, 0.1) is 0 Å². The number of carbonyl (C=O) groups is 1. The molecule has 20 heavy (non-hydrogen) atoms. The monoisotopic (exact) mass is 288 g/mol. The highest BCUT2D eigenvalue weighted by Gasteiger charge is 1.96. The number of hydrogen-bond donors (Lipinski definition) is 2. The Bertz CT molecular complexity index is 197. The maximum atomic E-state index is 10.2. The number of likely N-dealkylation sites (N-methyl/N-ethyl adjacent to an activating group) is 1. The number of nitrogens with zero attached hydrogens (tertiary/aromatic N) is 1. The second-order valence-corrected chi connectivity index (χ2v) is 5.56. The van der Waals surface area contributed by atoms with E-state index in [1.54, 1.807) is 0 Å². The van der Waals surface area contributed by atoms with Crippen LogP contribution in [-0.2, 0) is 4.79 Å². The van der Waals surface area contributed by atoms with Gasteiger partial charge < -0.3 is 15.7 Å². The lowest BCUT2D eigenvalue weighted by Crippen LogP contribution is -2.20. The van der Waals surface area contributed by atoms with Crippen LogP contribution in [-0.4, -0.2) is 43.2 Å². The Morgan fingerprint density at radius 3 is 1.70 bits per heavy atom. The summed E-state index contributed by atoms with van der Waals surface area (Å²) >= 11 is 0. The lowest BCUT2D eigenvalue weighted by Gasteiger charge is -2.03. The second kappa shape index (κ2) is 18.4. The molecule has 0 aromatic carbocycles. The van der Waals surface area contributed by atoms with E-state index >= 15 is 0 Å². The van der Waals surface area contributed by atoms with Crippen molar-refractivity contribution in [1.82, 2.24) is 4.90 Å². The Morgan fingerprint density at radius 2 is 1.40 bits per heavy atom. The molecule has 0 saturated heterocycles. The first-order valence-corrected chi connectivity index (χ1v) is 8.11. The topological polar surface area (TPSA) is 66.6 Å². The summed E-state index contributed by atoms with van der Waals surface area (Å²) in [5.74, 6) is -0.659. The van der Waals surface area contributed by atoms with Crippen LogP contribution in [0.25, 0.3) is 0 Å². The van der Waals surface area contributed by atoms with Crippen LogP contribution in [0.15, 0.2) is 0 Å². The standard InChI is InChI=1S/C12H24O2.C4H12N2/c1-2-3-4-5-6-7-8-9-10-11-12(13)14;1-6(2)4-3-5/h2-11H2,1H3,(H,13,14);3-5H2,1-2H3. The Labute approximate surface area is 125 Å². The van der Waals surface area contributed by atoms with Gasteiger partial charge in [-0.3, -0.25) is 4.79 Å². The Morgan fingerprint density at radius 1 is 0.950 bits per heavy atom. The molecule has 0 radical (unpaired) electrons. The van der Waals surface area contributed by atoms with Crippen molar-refractivity contribution in [2.24, 2.45) is 5.73 Å². The van der Waals surface area contributed by atoms with Gasteiger partial charge in [0, 0.05) is 19.5 Å². The van der Waals surface area contributed by atoms with E-state index in [2.05, 4.69) is 11.8 Å². The van der Waals surface area contributed by atoms with E-state index < -0.39 is 5.97 Å². The summed E-state index contributed by atoms with van der Waals surface area (Å²) in [6.45, 7) is 3.97. The van der Waals surface area contributed by atoms with E-state index in [1.807, 2.05) is 14.1 Å². The van der Waals surface area contributed by atoms with Gasteiger partial charge in [-0.1, -0.05) is 58.3 Å². The summed E-state index contributed by atoms with van der Waals surface area (Å²) in [7, 11) is 4.01. The molecule has 0 bridgehead atoms. The molecular formula is C16H36N2O2. The fourth-order valence-electron chi connectivity index (χ4n) is 1.85. The average Bonchev–Trinajstić information content (AvgIpc) is 2.37. The summed E-state index contributed by atoms with van der Waals surface area (Å²) in [5, 5.41) is 8.41. The van der Waals surface area contributed by atoms with Crippen molar-refractivity contribution in [3.63, 3.8) is 0 Å². The molecule has 122 valence electrons. The smallest absolute Gasteiger partial charge is 0.303 e. The largest absolute Gasteiger partial charge is 0.481 e. The van der Waals surface area contributed by atoms with Gasteiger partial charge in [0.05, 0.1) is 0 Å². The van der Waals surface area contributed by atoms with Crippen molar-refractivity contribution in [3.05, 3.63) is 0 Å². The molecule has 0 aromatic rings. The highest BCUT2D eigenvalue weighted by Crippen LogP contribution is 2.10. The number of unbranched alkanes of at least 4 members (excludes halogenated alkanes) is 8. The number of nitrogens with two attached hydrogens (primary N) is 1. The van der Waals surface area contributed by atoms with Gasteiger partial charge >= 0.3 is 5.97 Å². The third kappa shape index (κ3) is 26.1. The lowest BCUT2D eigenvalue weighted by atomic mass is 10.1. The highest BCUT2D eigenvalue weighted by atomic mass is 16.4. The summed E-state index contributed by atoms with van der Waals surface area (Å²) in [5.41, 5.74) is 5.19. The number of rotatable bonds is 12. The maximum absolute atomic E-state index is 10.2. The highest BCUT2D eigenvalue weighted by molar-refractivity contribution is 5.66. The molecule has 0 spiro atoms. The Balaban J connectivity index is 0. The summed E-state index contributed by atoms with van der Waals surface area (Å²) in [6, 6.07) is 0. The van der Waals surface area contributed by atoms with Gasteiger partial charge in [-0.25, -0.2) is 0 Å². The third-order valence-corrected chi connectivity index (χ3v) is 3.07. The minimum atomic E-state index is -0.659. The van der Waals surface area contributed by atoms with Crippen LogP contribution in [0.4, 0.5) is 0 Å². The van der Waals surface area contributed by atoms with E-state index in [4.69, 9.17) is 10.8 Å². The van der Waals surface area contributed by atoms with E-state index in [0.717, 1.165) is 25.9 Å². The lowest BCUT2D eigenvalue weighted by molar-refractivity contribution is -0.137. The minimum Gasteiger partial charge on any atom is -0.481 e. The van der Waals surface area contributed by atoms with Gasteiger partial charge in [-0.05, 0) is 20.5 Å². The van der Waals surface area contributed by atoms with Crippen molar-refractivity contribution in [2.75, 3.05) is 27.2 Å². The molecule has 0 aliphatic heterocycles.